The zero-order chi connectivity index (χ0) is 23.9. The van der Waals surface area contributed by atoms with Crippen molar-refractivity contribution in [3.05, 3.63) is 0 Å². The van der Waals surface area contributed by atoms with E-state index in [0.717, 1.165) is 0 Å². The second-order valence-electron chi connectivity index (χ2n) is 7.88. The monoisotopic (exact) mass is 456 g/mol. The van der Waals surface area contributed by atoms with Crippen molar-refractivity contribution in [1.82, 2.24) is 31.9 Å². The summed E-state index contributed by atoms with van der Waals surface area (Å²) < 4.78 is 0. The van der Waals surface area contributed by atoms with E-state index in [4.69, 9.17) is 33.8 Å². The van der Waals surface area contributed by atoms with Crippen LogP contribution in [-0.2, 0) is 9.59 Å². The molecule has 0 saturated carbocycles. The summed E-state index contributed by atoms with van der Waals surface area (Å²) in [5, 5.41) is 31.9. The summed E-state index contributed by atoms with van der Waals surface area (Å²) in [4.78, 5) is 24.2. The predicted molar refractivity (Wildman–Crippen MR) is 124 cm³/mol. The summed E-state index contributed by atoms with van der Waals surface area (Å²) >= 11 is 0. The van der Waals surface area contributed by atoms with Gasteiger partial charge in [-0.15, -0.1) is 0 Å². The molecule has 0 spiro atoms. The van der Waals surface area contributed by atoms with Gasteiger partial charge in [-0.05, 0) is 25.7 Å². The zero-order valence-electron chi connectivity index (χ0n) is 18.5. The first-order valence-corrected chi connectivity index (χ1v) is 10.9. The molecule has 16 N–H and O–H groups in total. The van der Waals surface area contributed by atoms with E-state index in [9.17, 15) is 9.59 Å². The molecular weight excluding hydrogens is 416 g/mol. The molecule has 0 aliphatic carbocycles. The summed E-state index contributed by atoms with van der Waals surface area (Å²) in [5.74, 6) is -0.621. The fraction of sp³-hybridized carbons (Fsp3) is 0.778. The van der Waals surface area contributed by atoms with Gasteiger partial charge in [0.2, 0.25) is 11.8 Å². The van der Waals surface area contributed by atoms with Crippen LogP contribution in [0.3, 0.4) is 0 Å². The maximum absolute atomic E-state index is 12.1. The van der Waals surface area contributed by atoms with Crippen molar-refractivity contribution in [2.45, 2.75) is 49.9 Å². The van der Waals surface area contributed by atoms with Crippen LogP contribution in [0.1, 0.15) is 25.7 Å². The maximum Gasteiger partial charge on any atom is 0.236 e. The Morgan fingerprint density at radius 1 is 0.781 bits per heavy atom. The third-order valence-electron chi connectivity index (χ3n) is 5.04. The molecule has 184 valence electrons. The number of guanidine groups is 2. The van der Waals surface area contributed by atoms with Gasteiger partial charge in [0.25, 0.3) is 0 Å². The standard InChI is InChI=1S/C18H40N12O2/c19-13(3-1-5-25-17(21)22)15(31)29-9-11-7-28-12(8-27-11)10-30-16(32)14(20)4-2-6-26-18(23)24/h11-14,27-28H,1-10,19-20H2,(H,29,31)(H,30,32)(H4,21,22,25)(H4,23,24,26). The van der Waals surface area contributed by atoms with Gasteiger partial charge >= 0.3 is 0 Å². The largest absolute Gasteiger partial charge is 0.370 e. The van der Waals surface area contributed by atoms with Gasteiger partial charge < -0.3 is 54.8 Å². The quantitative estimate of drug-likeness (QED) is 0.0675. The number of nitrogens with two attached hydrogens (primary N) is 4. The van der Waals surface area contributed by atoms with E-state index in [1.165, 1.54) is 0 Å². The van der Waals surface area contributed by atoms with Crippen molar-refractivity contribution >= 4 is 23.7 Å². The highest BCUT2D eigenvalue weighted by Gasteiger charge is 2.22. The molecule has 14 nitrogen and oxygen atoms in total. The molecule has 2 amide bonds. The van der Waals surface area contributed by atoms with E-state index in [1.54, 1.807) is 0 Å². The average Bonchev–Trinajstić information content (AvgIpc) is 2.76. The Labute approximate surface area is 188 Å². The second kappa shape index (κ2) is 15.2. The minimum atomic E-state index is -0.606. The Morgan fingerprint density at radius 2 is 1.16 bits per heavy atom. The van der Waals surface area contributed by atoms with Gasteiger partial charge in [-0.2, -0.15) is 0 Å². The van der Waals surface area contributed by atoms with Gasteiger partial charge in [-0.3, -0.25) is 20.4 Å². The summed E-state index contributed by atoms with van der Waals surface area (Å²) in [6.45, 7) is 3.18. The lowest BCUT2D eigenvalue weighted by molar-refractivity contribution is -0.123. The number of nitrogens with one attached hydrogen (secondary N) is 8. The Bertz CT molecular complexity index is 557. The zero-order valence-corrected chi connectivity index (χ0v) is 18.5. The summed E-state index contributed by atoms with van der Waals surface area (Å²) in [6.07, 6.45) is 2.28. The van der Waals surface area contributed by atoms with Crippen LogP contribution in [0.15, 0.2) is 0 Å². The lowest BCUT2D eigenvalue weighted by atomic mass is 10.1. The van der Waals surface area contributed by atoms with Gasteiger partial charge in [-0.1, -0.05) is 0 Å². The van der Waals surface area contributed by atoms with Gasteiger partial charge in [0.1, 0.15) is 0 Å². The van der Waals surface area contributed by atoms with E-state index >= 15 is 0 Å². The minimum absolute atomic E-state index is 0.0634. The van der Waals surface area contributed by atoms with Crippen molar-refractivity contribution in [3.8, 4) is 0 Å². The number of amides is 2. The molecule has 1 aliphatic rings. The van der Waals surface area contributed by atoms with Crippen LogP contribution in [0.4, 0.5) is 0 Å². The summed E-state index contributed by atoms with van der Waals surface area (Å²) in [5.41, 5.74) is 22.2. The summed E-state index contributed by atoms with van der Waals surface area (Å²) in [7, 11) is 0. The van der Waals surface area contributed by atoms with Gasteiger partial charge in [0, 0.05) is 51.4 Å². The minimum Gasteiger partial charge on any atom is -0.370 e. The maximum atomic E-state index is 12.1. The molecular formula is C18H40N12O2. The Balaban J connectivity index is 2.13. The highest BCUT2D eigenvalue weighted by Crippen LogP contribution is 1.97. The first-order valence-electron chi connectivity index (χ1n) is 10.9. The van der Waals surface area contributed by atoms with Crippen LogP contribution in [-0.4, -0.2) is 87.2 Å². The third kappa shape index (κ3) is 12.2. The Hall–Kier alpha value is -2.68. The van der Waals surface area contributed by atoms with Crippen molar-refractivity contribution in [2.24, 2.45) is 22.9 Å². The SMILES string of the molecule is N=C(N)NCCCC(N)C(=O)NCC1CNC(CNC(=O)C(N)CCCNC(=N)N)CN1. The van der Waals surface area contributed by atoms with E-state index in [1.807, 2.05) is 0 Å². The molecule has 1 fully saturated rings. The van der Waals surface area contributed by atoms with E-state index in [2.05, 4.69) is 31.9 Å². The number of piperazine rings is 1. The van der Waals surface area contributed by atoms with Gasteiger partial charge in [0.05, 0.1) is 12.1 Å². The topological polar surface area (TPSA) is 258 Å². The number of hydrogen-bond acceptors (Lipinski definition) is 8. The van der Waals surface area contributed by atoms with Crippen LogP contribution in [0, 0.1) is 10.8 Å². The van der Waals surface area contributed by atoms with Crippen LogP contribution < -0.4 is 54.8 Å². The number of hydrogen-bond donors (Lipinski definition) is 12. The van der Waals surface area contributed by atoms with Crippen LogP contribution in [0.2, 0.25) is 0 Å². The first kappa shape index (κ1) is 27.4. The molecule has 1 rings (SSSR count). The molecule has 14 heteroatoms. The Kier molecular flexibility index (Phi) is 13.0. The first-order chi connectivity index (χ1) is 15.2. The van der Waals surface area contributed by atoms with Crippen LogP contribution >= 0.6 is 0 Å². The number of carbonyl (C=O) groups is 2. The predicted octanol–water partition coefficient (Wildman–Crippen LogP) is -4.67. The molecule has 0 bridgehead atoms. The molecule has 0 radical (unpaired) electrons. The van der Waals surface area contributed by atoms with E-state index < -0.39 is 12.1 Å². The molecule has 1 heterocycles. The second-order valence-corrected chi connectivity index (χ2v) is 7.88. The average molecular weight is 457 g/mol. The fourth-order valence-electron chi connectivity index (χ4n) is 3.11. The molecule has 1 saturated heterocycles. The van der Waals surface area contributed by atoms with Crippen molar-refractivity contribution in [1.29, 1.82) is 10.8 Å². The van der Waals surface area contributed by atoms with Gasteiger partial charge in [-0.25, -0.2) is 0 Å². The Morgan fingerprint density at radius 3 is 1.47 bits per heavy atom. The fourth-order valence-corrected chi connectivity index (χ4v) is 3.11. The number of carbonyl (C=O) groups excluding carboxylic acids is 2. The summed E-state index contributed by atoms with van der Waals surface area (Å²) in [6, 6.07) is -1.08. The molecule has 0 aromatic carbocycles. The van der Waals surface area contributed by atoms with Crippen LogP contribution in [0.5, 0.6) is 0 Å². The number of rotatable bonds is 14. The highest BCUT2D eigenvalue weighted by atomic mass is 16.2. The molecule has 0 aromatic rings. The molecule has 0 aromatic heterocycles. The highest BCUT2D eigenvalue weighted by molar-refractivity contribution is 5.82. The molecule has 1 aliphatic heterocycles. The van der Waals surface area contributed by atoms with Crippen molar-refractivity contribution < 1.29 is 9.59 Å². The van der Waals surface area contributed by atoms with E-state index in [0.29, 0.717) is 65.0 Å². The lowest BCUT2D eigenvalue weighted by Gasteiger charge is -2.32. The smallest absolute Gasteiger partial charge is 0.236 e. The van der Waals surface area contributed by atoms with Gasteiger partial charge in [0.15, 0.2) is 11.9 Å². The molecule has 4 atom stereocenters. The van der Waals surface area contributed by atoms with Crippen molar-refractivity contribution in [2.75, 3.05) is 39.3 Å². The molecule has 32 heavy (non-hydrogen) atoms. The van der Waals surface area contributed by atoms with Crippen LogP contribution in [0.25, 0.3) is 0 Å². The molecule has 4 unspecified atom stereocenters. The lowest BCUT2D eigenvalue weighted by Crippen LogP contribution is -2.61. The normalized spacial score (nSPS) is 19.9. The van der Waals surface area contributed by atoms with Crippen molar-refractivity contribution in [3.63, 3.8) is 0 Å². The third-order valence-corrected chi connectivity index (χ3v) is 5.04. The van der Waals surface area contributed by atoms with E-state index in [-0.39, 0.29) is 35.8 Å².